The maximum Gasteiger partial charge on any atom is 0.263 e. The van der Waals surface area contributed by atoms with Crippen molar-refractivity contribution in [2.24, 2.45) is 0 Å². The molecule has 1 heterocycles. The van der Waals surface area contributed by atoms with E-state index in [2.05, 4.69) is 5.32 Å². The number of thiocarbonyl (C=S) groups is 1. The van der Waals surface area contributed by atoms with Gasteiger partial charge in [0.1, 0.15) is 21.6 Å². The Balaban J connectivity index is 1.52. The monoisotopic (exact) mass is 401 g/mol. The zero-order chi connectivity index (χ0) is 19.1. The van der Waals surface area contributed by atoms with E-state index in [1.54, 1.807) is 13.2 Å². The maximum absolute atomic E-state index is 11.8. The van der Waals surface area contributed by atoms with Crippen LogP contribution in [-0.4, -0.2) is 30.6 Å². The van der Waals surface area contributed by atoms with Crippen molar-refractivity contribution >= 4 is 40.3 Å². The fourth-order valence-electron chi connectivity index (χ4n) is 2.42. The summed E-state index contributed by atoms with van der Waals surface area (Å²) in [6.45, 7) is 1.03. The smallest absolute Gasteiger partial charge is 0.263 e. The highest BCUT2D eigenvalue weighted by Crippen LogP contribution is 2.29. The second-order valence-electron chi connectivity index (χ2n) is 5.62. The molecule has 1 fully saturated rings. The lowest BCUT2D eigenvalue weighted by molar-refractivity contribution is -0.115. The van der Waals surface area contributed by atoms with E-state index >= 15 is 0 Å². The molecule has 0 bridgehead atoms. The van der Waals surface area contributed by atoms with E-state index in [0.29, 0.717) is 22.4 Å². The first-order valence-corrected chi connectivity index (χ1v) is 9.62. The Morgan fingerprint density at radius 3 is 2.63 bits per heavy atom. The molecule has 0 atom stereocenters. The summed E-state index contributed by atoms with van der Waals surface area (Å²) >= 11 is 6.27. The molecule has 0 saturated carbocycles. The first-order chi connectivity index (χ1) is 13.2. The Bertz CT molecular complexity index is 867. The third kappa shape index (κ3) is 5.48. The summed E-state index contributed by atoms with van der Waals surface area (Å²) in [6, 6.07) is 15.1. The first-order valence-electron chi connectivity index (χ1n) is 8.39. The fourth-order valence-corrected chi connectivity index (χ4v) is 3.45. The van der Waals surface area contributed by atoms with Crippen molar-refractivity contribution in [1.29, 1.82) is 0 Å². The quantitative estimate of drug-likeness (QED) is 0.409. The number of para-hydroxylation sites is 1. The van der Waals surface area contributed by atoms with Gasteiger partial charge in [0.15, 0.2) is 0 Å². The van der Waals surface area contributed by atoms with Gasteiger partial charge in [0.05, 0.1) is 25.2 Å². The normalized spacial score (nSPS) is 14.9. The van der Waals surface area contributed by atoms with Crippen LogP contribution in [-0.2, 0) is 4.79 Å². The zero-order valence-electron chi connectivity index (χ0n) is 14.8. The minimum absolute atomic E-state index is 0.175. The van der Waals surface area contributed by atoms with Crippen LogP contribution in [0.2, 0.25) is 0 Å². The Morgan fingerprint density at radius 1 is 1.07 bits per heavy atom. The highest BCUT2D eigenvalue weighted by Gasteiger charge is 2.22. The van der Waals surface area contributed by atoms with Crippen molar-refractivity contribution < 1.29 is 19.0 Å². The molecule has 3 rings (SSSR count). The number of nitrogens with one attached hydrogen (secondary N) is 1. The number of thioether (sulfide) groups is 1. The lowest BCUT2D eigenvalue weighted by Gasteiger charge is -2.11. The van der Waals surface area contributed by atoms with Gasteiger partial charge >= 0.3 is 0 Å². The Kier molecular flexibility index (Phi) is 6.73. The molecule has 27 heavy (non-hydrogen) atoms. The molecule has 1 amide bonds. The van der Waals surface area contributed by atoms with E-state index in [-0.39, 0.29) is 5.91 Å². The zero-order valence-corrected chi connectivity index (χ0v) is 16.4. The Hall–Kier alpha value is -2.51. The molecule has 2 aromatic rings. The summed E-state index contributed by atoms with van der Waals surface area (Å²) < 4.78 is 17.2. The first kappa shape index (κ1) is 19.3. The van der Waals surface area contributed by atoms with Gasteiger partial charge in [0.25, 0.3) is 5.91 Å². The van der Waals surface area contributed by atoms with Crippen LogP contribution in [0.3, 0.4) is 0 Å². The van der Waals surface area contributed by atoms with Gasteiger partial charge in [0, 0.05) is 18.1 Å². The van der Waals surface area contributed by atoms with Crippen molar-refractivity contribution in [3.63, 3.8) is 0 Å². The van der Waals surface area contributed by atoms with Crippen LogP contribution in [0.5, 0.6) is 17.2 Å². The van der Waals surface area contributed by atoms with Gasteiger partial charge in [-0.25, -0.2) is 0 Å². The highest BCUT2D eigenvalue weighted by atomic mass is 32.2. The number of methoxy groups -OCH3 is 1. The highest BCUT2D eigenvalue weighted by molar-refractivity contribution is 8.26. The van der Waals surface area contributed by atoms with E-state index in [0.717, 1.165) is 29.2 Å². The van der Waals surface area contributed by atoms with E-state index in [4.69, 9.17) is 26.4 Å². The van der Waals surface area contributed by atoms with Crippen molar-refractivity contribution in [2.75, 3.05) is 20.3 Å². The average Bonchev–Trinajstić information content (AvgIpc) is 3.00. The number of hydrogen-bond acceptors (Lipinski definition) is 6. The van der Waals surface area contributed by atoms with Gasteiger partial charge in [-0.2, -0.15) is 0 Å². The molecule has 2 aromatic carbocycles. The van der Waals surface area contributed by atoms with Crippen molar-refractivity contribution in [3.8, 4) is 17.2 Å². The topological polar surface area (TPSA) is 56.8 Å². The molecule has 1 saturated heterocycles. The predicted octanol–water partition coefficient (Wildman–Crippen LogP) is 4.03. The van der Waals surface area contributed by atoms with Crippen LogP contribution in [0.15, 0.2) is 53.4 Å². The number of benzene rings is 2. The van der Waals surface area contributed by atoms with E-state index in [9.17, 15) is 4.79 Å². The molecular weight excluding hydrogens is 382 g/mol. The van der Waals surface area contributed by atoms with Gasteiger partial charge in [-0.05, 0) is 24.3 Å². The van der Waals surface area contributed by atoms with E-state index < -0.39 is 0 Å². The Labute approximate surface area is 167 Å². The van der Waals surface area contributed by atoms with E-state index in [1.807, 2.05) is 48.5 Å². The predicted molar refractivity (Wildman–Crippen MR) is 111 cm³/mol. The third-order valence-corrected chi connectivity index (χ3v) is 4.87. The SMILES string of the molecule is COc1cccc(OCCCOc2ccccc2/C=C2\SC(=S)NC2=O)c1. The number of carbonyl (C=O) groups excluding carboxylic acids is 1. The molecular formula is C20H19NO4S2. The summed E-state index contributed by atoms with van der Waals surface area (Å²) in [7, 11) is 1.63. The van der Waals surface area contributed by atoms with Gasteiger partial charge in [-0.15, -0.1) is 0 Å². The number of carbonyl (C=O) groups is 1. The molecule has 5 nitrogen and oxygen atoms in total. The molecule has 0 unspecified atom stereocenters. The lowest BCUT2D eigenvalue weighted by Crippen LogP contribution is -2.17. The number of ether oxygens (including phenoxy) is 3. The summed E-state index contributed by atoms with van der Waals surface area (Å²) in [5.41, 5.74) is 0.841. The number of hydrogen-bond donors (Lipinski definition) is 1. The summed E-state index contributed by atoms with van der Waals surface area (Å²) in [6.07, 6.45) is 2.52. The van der Waals surface area contributed by atoms with Gasteiger partial charge < -0.3 is 19.5 Å². The maximum atomic E-state index is 11.8. The summed E-state index contributed by atoms with van der Waals surface area (Å²) in [5.74, 6) is 2.07. The van der Waals surface area contributed by atoms with Crippen molar-refractivity contribution in [2.45, 2.75) is 6.42 Å². The molecule has 0 aromatic heterocycles. The van der Waals surface area contributed by atoms with Crippen LogP contribution >= 0.6 is 24.0 Å². The van der Waals surface area contributed by atoms with Crippen LogP contribution < -0.4 is 19.5 Å². The van der Waals surface area contributed by atoms with E-state index in [1.165, 1.54) is 11.8 Å². The largest absolute Gasteiger partial charge is 0.497 e. The van der Waals surface area contributed by atoms with Crippen LogP contribution in [0, 0.1) is 0 Å². The van der Waals surface area contributed by atoms with Gasteiger partial charge in [0.2, 0.25) is 0 Å². The summed E-state index contributed by atoms with van der Waals surface area (Å²) in [5, 5.41) is 2.61. The Morgan fingerprint density at radius 2 is 1.85 bits per heavy atom. The fraction of sp³-hybridized carbons (Fsp3) is 0.200. The second-order valence-corrected chi connectivity index (χ2v) is 7.34. The van der Waals surface area contributed by atoms with Gasteiger partial charge in [-0.1, -0.05) is 48.2 Å². The lowest BCUT2D eigenvalue weighted by atomic mass is 10.2. The third-order valence-electron chi connectivity index (χ3n) is 3.70. The number of rotatable bonds is 8. The summed E-state index contributed by atoms with van der Waals surface area (Å²) in [4.78, 5) is 12.4. The molecule has 0 spiro atoms. The molecule has 7 heteroatoms. The molecule has 1 aliphatic rings. The standard InChI is InChI=1S/C20H19NO4S2/c1-23-15-7-4-8-16(13-15)24-10-5-11-25-17-9-3-2-6-14(17)12-18-19(22)21-20(26)27-18/h2-4,6-9,12-13H,5,10-11H2,1H3,(H,21,22,26)/b18-12-. The molecule has 0 radical (unpaired) electrons. The van der Waals surface area contributed by atoms with Crippen LogP contribution in [0.4, 0.5) is 0 Å². The minimum Gasteiger partial charge on any atom is -0.497 e. The van der Waals surface area contributed by atoms with Gasteiger partial charge in [-0.3, -0.25) is 4.79 Å². The van der Waals surface area contributed by atoms with Crippen LogP contribution in [0.1, 0.15) is 12.0 Å². The second kappa shape index (κ2) is 9.43. The molecule has 140 valence electrons. The minimum atomic E-state index is -0.175. The molecule has 1 aliphatic heterocycles. The van der Waals surface area contributed by atoms with Crippen molar-refractivity contribution in [1.82, 2.24) is 5.32 Å². The number of amides is 1. The van der Waals surface area contributed by atoms with Crippen LogP contribution in [0.25, 0.3) is 6.08 Å². The van der Waals surface area contributed by atoms with Crippen molar-refractivity contribution in [3.05, 3.63) is 59.0 Å². The molecule has 0 aliphatic carbocycles. The average molecular weight is 402 g/mol. The molecule has 1 N–H and O–H groups in total.